The van der Waals surface area contributed by atoms with Crippen molar-refractivity contribution in [3.05, 3.63) is 58.2 Å². The molecule has 1 amide bonds. The lowest BCUT2D eigenvalue weighted by molar-refractivity contribution is -0.129. The molecule has 0 spiro atoms. The quantitative estimate of drug-likeness (QED) is 0.718. The number of hydrogen-bond donors (Lipinski definition) is 1. The number of rotatable bonds is 3. The van der Waals surface area contributed by atoms with E-state index in [4.69, 9.17) is 5.73 Å². The van der Waals surface area contributed by atoms with Gasteiger partial charge >= 0.3 is 0 Å². The summed E-state index contributed by atoms with van der Waals surface area (Å²) in [6.45, 7) is 3.32. The van der Waals surface area contributed by atoms with Crippen molar-refractivity contribution in [3.8, 4) is 0 Å². The van der Waals surface area contributed by atoms with Gasteiger partial charge in [-0.05, 0) is 60.7 Å². The normalized spacial score (nSPS) is 16.6. The third-order valence-electron chi connectivity index (χ3n) is 4.69. The standard InChI is InChI=1S/C20H20N4OS/c1-13-7-15(10-22-19(13)21)8-16-3-2-6-24(20(16)25)11-14-4-5-18-17(9-14)23-12-26-18/h4-5,7-10,12H,2-3,6,11H2,1H3,(H2,21,22)/b16-8+. The van der Waals surface area contributed by atoms with E-state index < -0.39 is 0 Å². The molecule has 2 aromatic heterocycles. The second-order valence-corrected chi connectivity index (χ2v) is 7.51. The number of amides is 1. The molecule has 1 aliphatic heterocycles. The van der Waals surface area contributed by atoms with Gasteiger partial charge in [0.05, 0.1) is 15.7 Å². The molecule has 132 valence electrons. The van der Waals surface area contributed by atoms with Crippen LogP contribution >= 0.6 is 11.3 Å². The molecule has 0 radical (unpaired) electrons. The zero-order chi connectivity index (χ0) is 18.1. The number of hydrogen-bond acceptors (Lipinski definition) is 5. The number of anilines is 1. The Morgan fingerprint density at radius 2 is 2.19 bits per heavy atom. The highest BCUT2D eigenvalue weighted by Crippen LogP contribution is 2.24. The number of pyridine rings is 1. The number of likely N-dealkylation sites (tertiary alicyclic amines) is 1. The predicted octanol–water partition coefficient (Wildman–Crippen LogP) is 3.79. The Balaban J connectivity index is 1.55. The van der Waals surface area contributed by atoms with Crippen LogP contribution in [0.4, 0.5) is 5.82 Å². The van der Waals surface area contributed by atoms with Crippen molar-refractivity contribution in [2.24, 2.45) is 0 Å². The van der Waals surface area contributed by atoms with Crippen LogP contribution < -0.4 is 5.73 Å². The molecule has 0 atom stereocenters. The average molecular weight is 364 g/mol. The fourth-order valence-corrected chi connectivity index (χ4v) is 3.92. The van der Waals surface area contributed by atoms with Gasteiger partial charge in [0, 0.05) is 24.9 Å². The number of aryl methyl sites for hydroxylation is 1. The summed E-state index contributed by atoms with van der Waals surface area (Å²) in [7, 11) is 0. The van der Waals surface area contributed by atoms with Crippen molar-refractivity contribution < 1.29 is 4.79 Å². The van der Waals surface area contributed by atoms with E-state index in [1.54, 1.807) is 17.5 Å². The molecular weight excluding hydrogens is 344 g/mol. The Bertz CT molecular complexity index is 1010. The number of piperidine rings is 1. The molecule has 3 aromatic rings. The second-order valence-electron chi connectivity index (χ2n) is 6.63. The average Bonchev–Trinajstić information content (AvgIpc) is 3.09. The minimum Gasteiger partial charge on any atom is -0.383 e. The van der Waals surface area contributed by atoms with E-state index in [2.05, 4.69) is 28.2 Å². The minimum absolute atomic E-state index is 0.101. The number of carbonyl (C=O) groups is 1. The molecule has 4 rings (SSSR count). The minimum atomic E-state index is 0.101. The van der Waals surface area contributed by atoms with Crippen LogP contribution in [-0.2, 0) is 11.3 Å². The monoisotopic (exact) mass is 364 g/mol. The third-order valence-corrected chi connectivity index (χ3v) is 5.50. The van der Waals surface area contributed by atoms with Crippen LogP contribution in [-0.4, -0.2) is 27.3 Å². The van der Waals surface area contributed by atoms with Crippen LogP contribution in [0.15, 0.2) is 41.5 Å². The van der Waals surface area contributed by atoms with Gasteiger partial charge in [0.1, 0.15) is 5.82 Å². The van der Waals surface area contributed by atoms with E-state index in [0.29, 0.717) is 12.4 Å². The zero-order valence-electron chi connectivity index (χ0n) is 14.6. The van der Waals surface area contributed by atoms with Gasteiger partial charge in [-0.25, -0.2) is 9.97 Å². The fraction of sp³-hybridized carbons (Fsp3) is 0.250. The highest BCUT2D eigenvalue weighted by Gasteiger charge is 2.23. The number of benzene rings is 1. The van der Waals surface area contributed by atoms with Crippen LogP contribution in [0.3, 0.4) is 0 Å². The third kappa shape index (κ3) is 3.32. The predicted molar refractivity (Wildman–Crippen MR) is 106 cm³/mol. The summed E-state index contributed by atoms with van der Waals surface area (Å²) >= 11 is 1.63. The van der Waals surface area contributed by atoms with Crippen LogP contribution in [0.5, 0.6) is 0 Å². The van der Waals surface area contributed by atoms with Crippen molar-refractivity contribution in [2.75, 3.05) is 12.3 Å². The van der Waals surface area contributed by atoms with Crippen LogP contribution in [0, 0.1) is 6.92 Å². The molecule has 0 bridgehead atoms. The largest absolute Gasteiger partial charge is 0.383 e. The maximum Gasteiger partial charge on any atom is 0.250 e. The molecule has 1 saturated heterocycles. The Labute approximate surface area is 156 Å². The molecule has 3 heterocycles. The highest BCUT2D eigenvalue weighted by molar-refractivity contribution is 7.16. The maximum atomic E-state index is 12.9. The van der Waals surface area contributed by atoms with Gasteiger partial charge < -0.3 is 10.6 Å². The Hall–Kier alpha value is -2.73. The first kappa shape index (κ1) is 16.7. The summed E-state index contributed by atoms with van der Waals surface area (Å²) in [6.07, 6.45) is 5.43. The molecule has 5 nitrogen and oxygen atoms in total. The maximum absolute atomic E-state index is 12.9. The Morgan fingerprint density at radius 1 is 1.31 bits per heavy atom. The van der Waals surface area contributed by atoms with E-state index in [-0.39, 0.29) is 5.91 Å². The first-order valence-electron chi connectivity index (χ1n) is 8.64. The van der Waals surface area contributed by atoms with Crippen molar-refractivity contribution in [2.45, 2.75) is 26.3 Å². The summed E-state index contributed by atoms with van der Waals surface area (Å²) in [5, 5.41) is 0. The van der Waals surface area contributed by atoms with Gasteiger partial charge in [0.15, 0.2) is 0 Å². The number of nitrogens with two attached hydrogens (primary N) is 1. The van der Waals surface area contributed by atoms with Crippen molar-refractivity contribution in [1.82, 2.24) is 14.9 Å². The zero-order valence-corrected chi connectivity index (χ0v) is 15.4. The van der Waals surface area contributed by atoms with Crippen molar-refractivity contribution in [3.63, 3.8) is 0 Å². The molecule has 2 N–H and O–H groups in total. The molecule has 0 saturated carbocycles. The number of fused-ring (bicyclic) bond motifs is 1. The van der Waals surface area contributed by atoms with Gasteiger partial charge in [0.2, 0.25) is 5.91 Å². The van der Waals surface area contributed by atoms with E-state index >= 15 is 0 Å². The van der Waals surface area contributed by atoms with Gasteiger partial charge in [-0.15, -0.1) is 11.3 Å². The van der Waals surface area contributed by atoms with E-state index in [1.165, 1.54) is 4.70 Å². The molecular formula is C20H20N4OS. The van der Waals surface area contributed by atoms with Gasteiger partial charge in [-0.1, -0.05) is 6.07 Å². The van der Waals surface area contributed by atoms with Crippen molar-refractivity contribution >= 4 is 39.4 Å². The highest BCUT2D eigenvalue weighted by atomic mass is 32.1. The molecule has 0 unspecified atom stereocenters. The number of thiazole rings is 1. The summed E-state index contributed by atoms with van der Waals surface area (Å²) in [5.41, 5.74) is 12.4. The molecule has 26 heavy (non-hydrogen) atoms. The van der Waals surface area contributed by atoms with Crippen LogP contribution in [0.1, 0.15) is 29.5 Å². The van der Waals surface area contributed by atoms with Gasteiger partial charge in [-0.2, -0.15) is 0 Å². The molecule has 1 fully saturated rings. The fourth-order valence-electron chi connectivity index (χ4n) is 3.27. The molecule has 1 aliphatic rings. The summed E-state index contributed by atoms with van der Waals surface area (Å²) < 4.78 is 1.17. The first-order valence-corrected chi connectivity index (χ1v) is 9.52. The number of aromatic nitrogens is 2. The van der Waals surface area contributed by atoms with Crippen LogP contribution in [0.25, 0.3) is 16.3 Å². The first-order chi connectivity index (χ1) is 12.6. The summed E-state index contributed by atoms with van der Waals surface area (Å²) in [4.78, 5) is 23.4. The second kappa shape index (κ2) is 6.88. The molecule has 0 aliphatic carbocycles. The van der Waals surface area contributed by atoms with Crippen LogP contribution in [0.2, 0.25) is 0 Å². The Kier molecular flexibility index (Phi) is 4.42. The number of nitrogen functional groups attached to an aromatic ring is 1. The molecule has 6 heteroatoms. The summed E-state index contributed by atoms with van der Waals surface area (Å²) in [6, 6.07) is 8.21. The Morgan fingerprint density at radius 3 is 3.04 bits per heavy atom. The van der Waals surface area contributed by atoms with Gasteiger partial charge in [-0.3, -0.25) is 4.79 Å². The summed E-state index contributed by atoms with van der Waals surface area (Å²) in [5.74, 6) is 0.630. The van der Waals surface area contributed by atoms with Gasteiger partial charge in [0.25, 0.3) is 0 Å². The van der Waals surface area contributed by atoms with Crippen molar-refractivity contribution in [1.29, 1.82) is 0 Å². The SMILES string of the molecule is Cc1cc(/C=C2\CCCN(Cc3ccc4scnc4c3)C2=O)cnc1N. The topological polar surface area (TPSA) is 72.1 Å². The van der Waals surface area contributed by atoms with E-state index in [0.717, 1.165) is 47.2 Å². The lowest BCUT2D eigenvalue weighted by Crippen LogP contribution is -2.36. The smallest absolute Gasteiger partial charge is 0.250 e. The molecule has 1 aromatic carbocycles. The number of carbonyl (C=O) groups excluding carboxylic acids is 1. The lowest BCUT2D eigenvalue weighted by atomic mass is 10.0. The number of nitrogens with zero attached hydrogens (tertiary/aromatic N) is 3. The lowest BCUT2D eigenvalue weighted by Gasteiger charge is -2.28. The van der Waals surface area contributed by atoms with E-state index in [9.17, 15) is 4.79 Å². The van der Waals surface area contributed by atoms with E-state index in [1.807, 2.05) is 29.5 Å².